The summed E-state index contributed by atoms with van der Waals surface area (Å²) in [7, 11) is 0. The van der Waals surface area contributed by atoms with Crippen molar-refractivity contribution in [3.05, 3.63) is 94.7 Å². The highest BCUT2D eigenvalue weighted by molar-refractivity contribution is 5.94. The number of carbonyl (C=O) groups excluding carboxylic acids is 1. The van der Waals surface area contributed by atoms with Gasteiger partial charge < -0.3 is 10.3 Å². The Labute approximate surface area is 187 Å². The number of aryl methyl sites for hydroxylation is 1. The number of carbonyl (C=O) groups is 1. The van der Waals surface area contributed by atoms with Crippen LogP contribution in [0, 0.1) is 5.82 Å². The van der Waals surface area contributed by atoms with Gasteiger partial charge in [0.15, 0.2) is 5.82 Å². The molecule has 5 rings (SSSR count). The summed E-state index contributed by atoms with van der Waals surface area (Å²) in [6.45, 7) is 0. The minimum atomic E-state index is -0.643. The third-order valence-electron chi connectivity index (χ3n) is 5.41. The average Bonchev–Trinajstić information content (AvgIpc) is 3.42. The molecule has 0 saturated heterocycles. The van der Waals surface area contributed by atoms with Crippen molar-refractivity contribution in [1.29, 1.82) is 0 Å². The number of benzene rings is 3. The molecule has 0 unspecified atom stereocenters. The molecule has 2 aromatic heterocycles. The highest BCUT2D eigenvalue weighted by Gasteiger charge is 2.15. The number of aromatic nitrogens is 3. The Balaban J connectivity index is 1.36. The molecule has 8 heteroatoms. The fourth-order valence-electron chi connectivity index (χ4n) is 3.88. The van der Waals surface area contributed by atoms with Gasteiger partial charge in [-0.15, -0.1) is 0 Å². The lowest BCUT2D eigenvalue weighted by atomic mass is 10.0. The number of fused-ring (bicyclic) bond motifs is 1. The van der Waals surface area contributed by atoms with E-state index in [0.717, 1.165) is 27.7 Å². The minimum Gasteiger partial charge on any atom is -0.354 e. The summed E-state index contributed by atoms with van der Waals surface area (Å²) >= 11 is 0. The number of halogens is 1. The molecule has 33 heavy (non-hydrogen) atoms. The van der Waals surface area contributed by atoms with Gasteiger partial charge in [-0.1, -0.05) is 35.5 Å². The monoisotopic (exact) mass is 442 g/mol. The lowest BCUT2D eigenvalue weighted by Crippen LogP contribution is -2.12. The normalized spacial score (nSPS) is 11.1. The molecule has 2 heterocycles. The van der Waals surface area contributed by atoms with Crippen LogP contribution in [0.5, 0.6) is 0 Å². The Morgan fingerprint density at radius 3 is 2.58 bits per heavy atom. The van der Waals surface area contributed by atoms with Crippen LogP contribution >= 0.6 is 0 Å². The summed E-state index contributed by atoms with van der Waals surface area (Å²) in [6.07, 6.45) is 0.750. The average molecular weight is 442 g/mol. The fourth-order valence-corrected chi connectivity index (χ4v) is 3.88. The zero-order valence-corrected chi connectivity index (χ0v) is 17.4. The molecule has 0 aliphatic carbocycles. The van der Waals surface area contributed by atoms with Crippen molar-refractivity contribution in [2.24, 2.45) is 0 Å². The van der Waals surface area contributed by atoms with Crippen LogP contribution in [-0.2, 0) is 11.2 Å². The molecule has 0 fully saturated rings. The van der Waals surface area contributed by atoms with Gasteiger partial charge in [0.25, 0.3) is 0 Å². The van der Waals surface area contributed by atoms with Crippen molar-refractivity contribution in [3.63, 3.8) is 0 Å². The number of aromatic amines is 2. The van der Waals surface area contributed by atoms with E-state index in [-0.39, 0.29) is 18.1 Å². The summed E-state index contributed by atoms with van der Waals surface area (Å²) in [5, 5.41) is 7.58. The van der Waals surface area contributed by atoms with E-state index in [1.807, 2.05) is 24.3 Å². The van der Waals surface area contributed by atoms with Crippen molar-refractivity contribution in [3.8, 4) is 22.6 Å². The van der Waals surface area contributed by atoms with Crippen molar-refractivity contribution in [2.45, 2.75) is 12.8 Å². The fraction of sp³-hybridized carbons (Fsp3) is 0.0800. The van der Waals surface area contributed by atoms with Crippen LogP contribution in [0.15, 0.2) is 82.1 Å². The maximum Gasteiger partial charge on any atom is 0.439 e. The smallest absolute Gasteiger partial charge is 0.354 e. The van der Waals surface area contributed by atoms with E-state index in [1.165, 1.54) is 12.1 Å². The summed E-state index contributed by atoms with van der Waals surface area (Å²) in [5.74, 6) is -0.808. The minimum absolute atomic E-state index is 0.156. The third-order valence-corrected chi connectivity index (χ3v) is 5.41. The second-order valence-electron chi connectivity index (χ2n) is 7.60. The Hall–Kier alpha value is -4.46. The number of nitrogens with one attached hydrogen (secondary N) is 3. The molecule has 0 bridgehead atoms. The number of nitrogens with zero attached hydrogens (tertiary/aromatic N) is 1. The van der Waals surface area contributed by atoms with Gasteiger partial charge >= 0.3 is 5.76 Å². The summed E-state index contributed by atoms with van der Waals surface area (Å²) < 4.78 is 18.0. The molecular weight excluding hydrogens is 423 g/mol. The molecule has 164 valence electrons. The van der Waals surface area contributed by atoms with Gasteiger partial charge in [-0.25, -0.2) is 9.18 Å². The number of hydrogen-bond acceptors (Lipinski definition) is 4. The first-order chi connectivity index (χ1) is 16.1. The van der Waals surface area contributed by atoms with Crippen molar-refractivity contribution < 1.29 is 13.7 Å². The van der Waals surface area contributed by atoms with Gasteiger partial charge in [0, 0.05) is 34.3 Å². The van der Waals surface area contributed by atoms with Crippen molar-refractivity contribution in [1.82, 2.24) is 15.1 Å². The van der Waals surface area contributed by atoms with E-state index in [2.05, 4.69) is 25.0 Å². The number of amides is 1. The van der Waals surface area contributed by atoms with Gasteiger partial charge in [0.1, 0.15) is 5.82 Å². The van der Waals surface area contributed by atoms with E-state index in [4.69, 9.17) is 0 Å². The van der Waals surface area contributed by atoms with Crippen LogP contribution in [0.25, 0.3) is 33.5 Å². The molecule has 3 N–H and O–H groups in total. The van der Waals surface area contributed by atoms with Crippen LogP contribution in [-0.4, -0.2) is 21.0 Å². The molecular formula is C25H19FN4O3. The maximum atomic E-state index is 13.4. The van der Waals surface area contributed by atoms with Gasteiger partial charge in [0.2, 0.25) is 5.91 Å². The predicted molar refractivity (Wildman–Crippen MR) is 123 cm³/mol. The van der Waals surface area contributed by atoms with Crippen LogP contribution in [0.3, 0.4) is 0 Å². The molecule has 0 saturated carbocycles. The van der Waals surface area contributed by atoms with Crippen molar-refractivity contribution in [2.75, 3.05) is 5.32 Å². The zero-order chi connectivity index (χ0) is 22.8. The highest BCUT2D eigenvalue weighted by Crippen LogP contribution is 2.31. The Morgan fingerprint density at radius 2 is 1.79 bits per heavy atom. The molecule has 0 aliphatic rings. The summed E-state index contributed by atoms with van der Waals surface area (Å²) in [6, 6.07) is 21.2. The largest absolute Gasteiger partial charge is 0.439 e. The van der Waals surface area contributed by atoms with Crippen LogP contribution in [0.4, 0.5) is 10.1 Å². The number of rotatable bonds is 6. The molecule has 0 spiro atoms. The Bertz CT molecular complexity index is 1500. The second-order valence-corrected chi connectivity index (χ2v) is 7.60. The Kier molecular flexibility index (Phi) is 5.32. The third kappa shape index (κ3) is 4.31. The first-order valence-electron chi connectivity index (χ1n) is 10.4. The van der Waals surface area contributed by atoms with Crippen LogP contribution in [0.2, 0.25) is 0 Å². The number of hydrogen-bond donors (Lipinski definition) is 3. The summed E-state index contributed by atoms with van der Waals surface area (Å²) in [4.78, 5) is 29.8. The molecule has 3 aromatic carbocycles. The van der Waals surface area contributed by atoms with E-state index < -0.39 is 5.76 Å². The van der Waals surface area contributed by atoms with Crippen LogP contribution < -0.4 is 11.1 Å². The molecule has 0 radical (unpaired) electrons. The molecule has 1 amide bonds. The summed E-state index contributed by atoms with van der Waals surface area (Å²) in [5.41, 5.74) is 4.90. The SMILES string of the molecule is O=C(CCc1c(-c2ccc(F)cc2)[nH]c2ccccc12)Nc1cccc(-c2noc(=O)[nH]2)c1. The molecule has 5 aromatic rings. The van der Waals surface area contributed by atoms with Crippen molar-refractivity contribution >= 4 is 22.5 Å². The molecule has 7 nitrogen and oxygen atoms in total. The number of para-hydroxylation sites is 1. The first kappa shape index (κ1) is 20.4. The lowest BCUT2D eigenvalue weighted by molar-refractivity contribution is -0.116. The quantitative estimate of drug-likeness (QED) is 0.348. The van der Waals surface area contributed by atoms with Gasteiger partial charge in [-0.2, -0.15) is 0 Å². The van der Waals surface area contributed by atoms with E-state index >= 15 is 0 Å². The Morgan fingerprint density at radius 1 is 0.970 bits per heavy atom. The first-order valence-corrected chi connectivity index (χ1v) is 10.4. The molecule has 0 aliphatic heterocycles. The topological polar surface area (TPSA) is 104 Å². The highest BCUT2D eigenvalue weighted by atomic mass is 19.1. The van der Waals surface area contributed by atoms with E-state index in [9.17, 15) is 14.0 Å². The lowest BCUT2D eigenvalue weighted by Gasteiger charge is -2.08. The van der Waals surface area contributed by atoms with Crippen LogP contribution in [0.1, 0.15) is 12.0 Å². The second kappa shape index (κ2) is 8.58. The van der Waals surface area contributed by atoms with Gasteiger partial charge in [0.05, 0.1) is 0 Å². The maximum absolute atomic E-state index is 13.4. The zero-order valence-electron chi connectivity index (χ0n) is 17.4. The van der Waals surface area contributed by atoms with Gasteiger partial charge in [-0.05, 0) is 60.0 Å². The number of anilines is 1. The predicted octanol–water partition coefficient (Wildman–Crippen LogP) is 4.89. The van der Waals surface area contributed by atoms with E-state index in [1.54, 1.807) is 36.4 Å². The van der Waals surface area contributed by atoms with Gasteiger partial charge in [-0.3, -0.25) is 14.3 Å². The molecule has 0 atom stereocenters. The van der Waals surface area contributed by atoms with E-state index in [0.29, 0.717) is 23.5 Å². The number of H-pyrrole nitrogens is 2. The standard InChI is InChI=1S/C25H19FN4O3/c26-17-10-8-15(9-11-17)23-20(19-6-1-2-7-21(19)28-23)12-13-22(31)27-18-5-3-4-16(14-18)24-29-25(32)33-30-24/h1-11,14,28H,12-13H2,(H,27,31)(H,29,30,32).